The number of carbonyl (C=O) groups is 1. The molecule has 174 valence electrons. The third kappa shape index (κ3) is 6.43. The Hall–Kier alpha value is -1.64. The molecule has 2 fully saturated rings. The van der Waals surface area contributed by atoms with Crippen molar-refractivity contribution in [3.63, 3.8) is 0 Å². The molecule has 0 aromatic heterocycles. The third-order valence-electron chi connectivity index (χ3n) is 6.30. The van der Waals surface area contributed by atoms with Gasteiger partial charge in [-0.15, -0.1) is 0 Å². The molecule has 1 saturated carbocycles. The van der Waals surface area contributed by atoms with Crippen molar-refractivity contribution in [2.24, 2.45) is 5.92 Å². The fourth-order valence-electron chi connectivity index (χ4n) is 4.47. The molecule has 1 aliphatic carbocycles. The highest BCUT2D eigenvalue weighted by atomic mass is 32.2. The second-order valence-electron chi connectivity index (χ2n) is 9.04. The van der Waals surface area contributed by atoms with Crippen molar-refractivity contribution in [2.45, 2.75) is 77.5 Å². The number of hydrogen-bond donors (Lipinski definition) is 1. The maximum atomic E-state index is 13.1. The van der Waals surface area contributed by atoms with Crippen LogP contribution in [0.3, 0.4) is 0 Å². The monoisotopic (exact) mass is 451 g/mol. The summed E-state index contributed by atoms with van der Waals surface area (Å²) in [5.74, 6) is 0.412. The second-order valence-corrected chi connectivity index (χ2v) is 11.0. The van der Waals surface area contributed by atoms with Crippen molar-refractivity contribution in [3.8, 4) is 5.75 Å². The summed E-state index contributed by atoms with van der Waals surface area (Å²) in [5, 5.41) is 2.98. The largest absolute Gasteiger partial charge is 0.491 e. The number of benzene rings is 1. The lowest BCUT2D eigenvalue weighted by Gasteiger charge is -2.37. The number of ether oxygens (including phenoxy) is 1. The number of amides is 1. The average Bonchev–Trinajstić information content (AvgIpc) is 2.78. The normalized spacial score (nSPS) is 21.4. The Balaban J connectivity index is 1.53. The van der Waals surface area contributed by atoms with E-state index in [4.69, 9.17) is 4.74 Å². The zero-order chi connectivity index (χ0) is 22.4. The smallest absolute Gasteiger partial charge is 0.281 e. The highest BCUT2D eigenvalue weighted by Crippen LogP contribution is 2.27. The van der Waals surface area contributed by atoms with E-state index in [1.54, 1.807) is 11.4 Å². The lowest BCUT2D eigenvalue weighted by Crippen LogP contribution is -2.52. The van der Waals surface area contributed by atoms with Crippen molar-refractivity contribution in [1.29, 1.82) is 0 Å². The summed E-state index contributed by atoms with van der Waals surface area (Å²) >= 11 is 0. The number of nitrogens with one attached hydrogen (secondary N) is 1. The maximum Gasteiger partial charge on any atom is 0.281 e. The molecule has 3 rings (SSSR count). The number of carbonyl (C=O) groups excluding carboxylic acids is 1. The molecule has 1 heterocycles. The number of hydrogen-bond acceptors (Lipinski definition) is 4. The van der Waals surface area contributed by atoms with Crippen LogP contribution in [0, 0.1) is 5.92 Å². The van der Waals surface area contributed by atoms with Gasteiger partial charge in [-0.05, 0) is 57.2 Å². The molecule has 1 saturated heterocycles. The van der Waals surface area contributed by atoms with Gasteiger partial charge in [0.1, 0.15) is 5.75 Å². The highest BCUT2D eigenvalue weighted by Gasteiger charge is 2.37. The lowest BCUT2D eigenvalue weighted by molar-refractivity contribution is -0.126. The van der Waals surface area contributed by atoms with E-state index in [1.807, 2.05) is 38.1 Å². The summed E-state index contributed by atoms with van der Waals surface area (Å²) in [7, 11) is -1.84. The average molecular weight is 452 g/mol. The maximum absolute atomic E-state index is 13.1. The van der Waals surface area contributed by atoms with E-state index in [0.717, 1.165) is 37.0 Å². The van der Waals surface area contributed by atoms with E-state index in [1.165, 1.54) is 10.7 Å². The standard InChI is InChI=1S/C23H37N3O4S/c1-18(2)30-22-13-11-19(12-14-22)16-24-23(27)20-8-7-15-26(17-20)31(28,29)25(3)21-9-5-4-6-10-21/h11-14,18,20-21H,4-10,15-17H2,1-3H3,(H,24,27)/t20-/m0/s1. The van der Waals surface area contributed by atoms with Gasteiger partial charge in [0.25, 0.3) is 10.2 Å². The van der Waals surface area contributed by atoms with Gasteiger partial charge in [0.15, 0.2) is 0 Å². The molecule has 0 spiro atoms. The van der Waals surface area contributed by atoms with Crippen LogP contribution in [0.2, 0.25) is 0 Å². The minimum absolute atomic E-state index is 0.0793. The Kier molecular flexibility index (Phi) is 8.36. The molecule has 1 aromatic carbocycles. The van der Waals surface area contributed by atoms with E-state index in [9.17, 15) is 13.2 Å². The highest BCUT2D eigenvalue weighted by molar-refractivity contribution is 7.86. The molecule has 1 aliphatic heterocycles. The van der Waals surface area contributed by atoms with E-state index < -0.39 is 10.2 Å². The van der Waals surface area contributed by atoms with Crippen LogP contribution in [0.25, 0.3) is 0 Å². The second kappa shape index (κ2) is 10.8. The fourth-order valence-corrected chi connectivity index (χ4v) is 6.15. The molecule has 7 nitrogen and oxygen atoms in total. The summed E-state index contributed by atoms with van der Waals surface area (Å²) in [6.45, 7) is 5.13. The molecule has 1 aromatic rings. The quantitative estimate of drug-likeness (QED) is 0.658. The Morgan fingerprint density at radius 3 is 2.45 bits per heavy atom. The minimum atomic E-state index is -3.54. The van der Waals surface area contributed by atoms with Gasteiger partial charge in [-0.3, -0.25) is 4.79 Å². The molecular weight excluding hydrogens is 414 g/mol. The van der Waals surface area contributed by atoms with Crippen molar-refractivity contribution >= 4 is 16.1 Å². The predicted molar refractivity (Wildman–Crippen MR) is 122 cm³/mol. The van der Waals surface area contributed by atoms with E-state index in [-0.39, 0.29) is 30.5 Å². The van der Waals surface area contributed by atoms with Crippen molar-refractivity contribution in [1.82, 2.24) is 13.9 Å². The van der Waals surface area contributed by atoms with Crippen LogP contribution >= 0.6 is 0 Å². The third-order valence-corrected chi connectivity index (χ3v) is 8.31. The summed E-state index contributed by atoms with van der Waals surface area (Å²) in [6.07, 6.45) is 6.74. The SMILES string of the molecule is CC(C)Oc1ccc(CNC(=O)[C@H]2CCCN(S(=O)(=O)N(C)C3CCCCC3)C2)cc1. The topological polar surface area (TPSA) is 79.0 Å². The van der Waals surface area contributed by atoms with Gasteiger partial charge in [0.2, 0.25) is 5.91 Å². The molecule has 1 atom stereocenters. The van der Waals surface area contributed by atoms with Crippen LogP contribution in [0.15, 0.2) is 24.3 Å². The summed E-state index contributed by atoms with van der Waals surface area (Å²) in [4.78, 5) is 12.8. The molecule has 31 heavy (non-hydrogen) atoms. The fraction of sp³-hybridized carbons (Fsp3) is 0.696. The molecule has 1 amide bonds. The van der Waals surface area contributed by atoms with Gasteiger partial charge in [0, 0.05) is 32.7 Å². The van der Waals surface area contributed by atoms with Gasteiger partial charge in [-0.2, -0.15) is 17.0 Å². The minimum Gasteiger partial charge on any atom is -0.491 e. The number of nitrogens with zero attached hydrogens (tertiary/aromatic N) is 2. The molecule has 1 N–H and O–H groups in total. The van der Waals surface area contributed by atoms with Crippen molar-refractivity contribution in [3.05, 3.63) is 29.8 Å². The zero-order valence-electron chi connectivity index (χ0n) is 19.0. The first kappa shape index (κ1) is 24.0. The number of piperidine rings is 1. The van der Waals surface area contributed by atoms with Crippen LogP contribution in [-0.4, -0.2) is 55.2 Å². The Morgan fingerprint density at radius 1 is 1.13 bits per heavy atom. The first-order valence-electron chi connectivity index (χ1n) is 11.5. The molecule has 8 heteroatoms. The van der Waals surface area contributed by atoms with Crippen LogP contribution in [0.4, 0.5) is 0 Å². The summed E-state index contributed by atoms with van der Waals surface area (Å²) in [6, 6.07) is 7.76. The molecule has 0 bridgehead atoms. The number of rotatable bonds is 8. The molecule has 0 unspecified atom stereocenters. The first-order chi connectivity index (χ1) is 14.8. The van der Waals surface area contributed by atoms with Gasteiger partial charge in [0.05, 0.1) is 12.0 Å². The van der Waals surface area contributed by atoms with Crippen LogP contribution in [0.5, 0.6) is 5.75 Å². The van der Waals surface area contributed by atoms with Gasteiger partial charge in [-0.1, -0.05) is 31.4 Å². The van der Waals surface area contributed by atoms with Crippen LogP contribution in [-0.2, 0) is 21.5 Å². The Bertz CT molecular complexity index is 820. The predicted octanol–water partition coefficient (Wildman–Crippen LogP) is 3.31. The summed E-state index contributed by atoms with van der Waals surface area (Å²) < 4.78 is 35.0. The Labute approximate surface area is 187 Å². The molecule has 0 radical (unpaired) electrons. The zero-order valence-corrected chi connectivity index (χ0v) is 19.9. The summed E-state index contributed by atoms with van der Waals surface area (Å²) in [5.41, 5.74) is 0.988. The van der Waals surface area contributed by atoms with Gasteiger partial charge in [-0.25, -0.2) is 0 Å². The van der Waals surface area contributed by atoms with Crippen LogP contribution < -0.4 is 10.1 Å². The van der Waals surface area contributed by atoms with Gasteiger partial charge >= 0.3 is 0 Å². The lowest BCUT2D eigenvalue weighted by atomic mass is 9.96. The van der Waals surface area contributed by atoms with Gasteiger partial charge < -0.3 is 10.1 Å². The Morgan fingerprint density at radius 2 is 1.81 bits per heavy atom. The first-order valence-corrected chi connectivity index (χ1v) is 12.9. The van der Waals surface area contributed by atoms with Crippen LogP contribution in [0.1, 0.15) is 64.4 Å². The van der Waals surface area contributed by atoms with E-state index in [2.05, 4.69) is 5.32 Å². The molecular formula is C23H37N3O4S. The molecule has 2 aliphatic rings. The van der Waals surface area contributed by atoms with E-state index >= 15 is 0 Å². The van der Waals surface area contributed by atoms with Crippen molar-refractivity contribution < 1.29 is 17.9 Å². The van der Waals surface area contributed by atoms with Crippen molar-refractivity contribution in [2.75, 3.05) is 20.1 Å². The van der Waals surface area contributed by atoms with E-state index in [0.29, 0.717) is 25.9 Å².